The van der Waals surface area contributed by atoms with Gasteiger partial charge < -0.3 is 14.8 Å². The van der Waals surface area contributed by atoms with E-state index in [-0.39, 0.29) is 18.2 Å². The van der Waals surface area contributed by atoms with E-state index < -0.39 is 5.91 Å². The van der Waals surface area contributed by atoms with Gasteiger partial charge in [-0.25, -0.2) is 0 Å². The highest BCUT2D eigenvalue weighted by Crippen LogP contribution is 2.36. The zero-order chi connectivity index (χ0) is 17.8. The summed E-state index contributed by atoms with van der Waals surface area (Å²) in [7, 11) is 0. The fraction of sp³-hybridized carbons (Fsp3) is 0.0588. The van der Waals surface area contributed by atoms with Gasteiger partial charge in [-0.2, -0.15) is 5.26 Å². The van der Waals surface area contributed by atoms with Gasteiger partial charge in [0.1, 0.15) is 5.75 Å². The molecule has 0 aliphatic heterocycles. The van der Waals surface area contributed by atoms with Gasteiger partial charge in [0.15, 0.2) is 12.3 Å². The maximum Gasteiger partial charge on any atom is 0.302 e. The summed E-state index contributed by atoms with van der Waals surface area (Å²) in [6.07, 6.45) is 0. The highest BCUT2D eigenvalue weighted by atomic mass is 79.9. The molecule has 1 amide bonds. The molecule has 0 spiro atoms. The molecule has 124 valence electrons. The zero-order valence-electron chi connectivity index (χ0n) is 12.7. The minimum absolute atomic E-state index is 0.169. The minimum Gasteiger partial charge on any atom is -0.493 e. The fourth-order valence-corrected chi connectivity index (χ4v) is 2.50. The van der Waals surface area contributed by atoms with Gasteiger partial charge in [0.2, 0.25) is 5.88 Å². The second-order valence-electron chi connectivity index (χ2n) is 5.03. The molecule has 2 aromatic carbocycles. The number of aromatic nitrogens is 1. The van der Waals surface area contributed by atoms with Gasteiger partial charge in [-0.05, 0) is 42.5 Å². The summed E-state index contributed by atoms with van der Waals surface area (Å²) in [6.45, 7) is -0.303. The third-order valence-corrected chi connectivity index (χ3v) is 3.81. The third-order valence-electron chi connectivity index (χ3n) is 3.32. The van der Waals surface area contributed by atoms with Gasteiger partial charge in [0.05, 0.1) is 17.1 Å². The molecule has 0 fully saturated rings. The molecule has 0 aliphatic carbocycles. The first kappa shape index (κ1) is 16.7. The van der Waals surface area contributed by atoms with Crippen LogP contribution in [0.15, 0.2) is 57.2 Å². The lowest BCUT2D eigenvalue weighted by Gasteiger charge is -2.02. The van der Waals surface area contributed by atoms with Crippen molar-refractivity contribution in [3.63, 3.8) is 0 Å². The molecule has 7 nitrogen and oxygen atoms in total. The summed E-state index contributed by atoms with van der Waals surface area (Å²) < 4.78 is 6.09. The lowest BCUT2D eigenvalue weighted by atomic mass is 10.2. The topological polar surface area (TPSA) is 111 Å². The lowest BCUT2D eigenvalue weighted by Crippen LogP contribution is -2.07. The fourth-order valence-electron chi connectivity index (χ4n) is 2.14. The van der Waals surface area contributed by atoms with Crippen LogP contribution in [0.25, 0.3) is 10.9 Å². The predicted octanol–water partition coefficient (Wildman–Crippen LogP) is 4.20. The van der Waals surface area contributed by atoms with E-state index in [1.165, 1.54) is 0 Å². The number of carbonyl (C=O) groups is 1. The first-order valence-corrected chi connectivity index (χ1v) is 7.94. The Hall–Kier alpha value is -3.18. The molecule has 0 atom stereocenters. The van der Waals surface area contributed by atoms with Crippen molar-refractivity contribution in [2.75, 3.05) is 6.61 Å². The van der Waals surface area contributed by atoms with Crippen LogP contribution in [0.1, 0.15) is 5.56 Å². The van der Waals surface area contributed by atoms with Crippen LogP contribution in [0.2, 0.25) is 0 Å². The van der Waals surface area contributed by atoms with Crippen molar-refractivity contribution >= 4 is 38.4 Å². The van der Waals surface area contributed by atoms with Crippen molar-refractivity contribution in [2.24, 2.45) is 10.2 Å². The summed E-state index contributed by atoms with van der Waals surface area (Å²) in [6, 6.07) is 13.7. The number of amides is 1. The minimum atomic E-state index is -0.604. The first-order chi connectivity index (χ1) is 12.1. The van der Waals surface area contributed by atoms with Crippen molar-refractivity contribution in [1.29, 1.82) is 5.26 Å². The first-order valence-electron chi connectivity index (χ1n) is 7.14. The average molecular weight is 399 g/mol. The van der Waals surface area contributed by atoms with Crippen LogP contribution in [0.4, 0.5) is 5.69 Å². The number of H-pyrrole nitrogens is 1. The number of nitrogens with zero attached hydrogens (tertiary/aromatic N) is 3. The number of carbonyl (C=O) groups excluding carboxylic acids is 1. The van der Waals surface area contributed by atoms with E-state index in [4.69, 9.17) is 10.00 Å². The maximum absolute atomic E-state index is 11.8. The van der Waals surface area contributed by atoms with Gasteiger partial charge in [-0.1, -0.05) is 15.9 Å². The number of rotatable bonds is 4. The SMILES string of the molecule is N#Cc1ccc(OCC(=O)N=Nc2c(O)[nH]c3ccc(Br)cc23)cc1. The monoisotopic (exact) mass is 398 g/mol. The number of ether oxygens (including phenoxy) is 1. The summed E-state index contributed by atoms with van der Waals surface area (Å²) in [5.74, 6) is -0.327. The molecule has 0 saturated carbocycles. The summed E-state index contributed by atoms with van der Waals surface area (Å²) in [5.41, 5.74) is 1.36. The van der Waals surface area contributed by atoms with Gasteiger partial charge in [-0.15, -0.1) is 10.2 Å². The number of fused-ring (bicyclic) bond motifs is 1. The molecular formula is C17H11BrN4O3. The van der Waals surface area contributed by atoms with Gasteiger partial charge in [0, 0.05) is 9.86 Å². The number of azo groups is 1. The largest absolute Gasteiger partial charge is 0.493 e. The van der Waals surface area contributed by atoms with Crippen molar-refractivity contribution in [3.8, 4) is 17.7 Å². The van der Waals surface area contributed by atoms with E-state index >= 15 is 0 Å². The molecule has 0 aliphatic rings. The van der Waals surface area contributed by atoms with Crippen LogP contribution in [0.5, 0.6) is 11.6 Å². The Bertz CT molecular complexity index is 1000. The number of nitrogens with one attached hydrogen (secondary N) is 1. The quantitative estimate of drug-likeness (QED) is 0.641. The van der Waals surface area contributed by atoms with Gasteiger partial charge >= 0.3 is 5.91 Å². The number of aromatic hydroxyl groups is 1. The molecule has 3 rings (SSSR count). The van der Waals surface area contributed by atoms with Crippen molar-refractivity contribution in [3.05, 3.63) is 52.5 Å². The Morgan fingerprint density at radius 2 is 2.04 bits per heavy atom. The molecule has 1 heterocycles. The summed E-state index contributed by atoms with van der Waals surface area (Å²) in [5, 5.41) is 26.7. The van der Waals surface area contributed by atoms with E-state index in [1.807, 2.05) is 12.1 Å². The van der Waals surface area contributed by atoms with Crippen molar-refractivity contribution in [2.45, 2.75) is 0 Å². The molecule has 0 unspecified atom stereocenters. The third kappa shape index (κ3) is 3.84. The average Bonchev–Trinajstić information content (AvgIpc) is 2.93. The molecule has 25 heavy (non-hydrogen) atoms. The molecule has 8 heteroatoms. The molecule has 0 radical (unpaired) electrons. The van der Waals surface area contributed by atoms with E-state index in [9.17, 15) is 9.90 Å². The van der Waals surface area contributed by atoms with Gasteiger partial charge in [-0.3, -0.25) is 4.79 Å². The normalized spacial score (nSPS) is 10.9. The predicted molar refractivity (Wildman–Crippen MR) is 93.8 cm³/mol. The number of nitriles is 1. The van der Waals surface area contributed by atoms with E-state index in [2.05, 4.69) is 31.1 Å². The number of halogens is 1. The molecule has 1 aromatic heterocycles. The van der Waals surface area contributed by atoms with Crippen LogP contribution >= 0.6 is 15.9 Å². The Kier molecular flexibility index (Phi) is 4.77. The molecule has 0 bridgehead atoms. The second-order valence-corrected chi connectivity index (χ2v) is 5.95. The van der Waals surface area contributed by atoms with Gasteiger partial charge in [0.25, 0.3) is 0 Å². The Balaban J connectivity index is 1.69. The summed E-state index contributed by atoms with van der Waals surface area (Å²) >= 11 is 3.34. The lowest BCUT2D eigenvalue weighted by molar-refractivity contribution is -0.120. The number of hydrogen-bond acceptors (Lipinski definition) is 5. The standard InChI is InChI=1S/C17H11BrN4O3/c18-11-3-6-14-13(7-11)16(17(24)20-14)22-21-15(23)9-25-12-4-1-10(8-19)2-5-12/h1-7,20,24H,9H2. The van der Waals surface area contributed by atoms with E-state index in [0.717, 1.165) is 4.47 Å². The smallest absolute Gasteiger partial charge is 0.302 e. The number of aromatic amines is 1. The van der Waals surface area contributed by atoms with Crippen LogP contribution < -0.4 is 4.74 Å². The molecular weight excluding hydrogens is 388 g/mol. The summed E-state index contributed by atoms with van der Waals surface area (Å²) in [4.78, 5) is 14.6. The van der Waals surface area contributed by atoms with Crippen LogP contribution in [0.3, 0.4) is 0 Å². The second kappa shape index (κ2) is 7.15. The highest BCUT2D eigenvalue weighted by molar-refractivity contribution is 9.10. The van der Waals surface area contributed by atoms with Crippen molar-refractivity contribution in [1.82, 2.24) is 4.98 Å². The number of hydrogen-bond donors (Lipinski definition) is 2. The van der Waals surface area contributed by atoms with Crippen LogP contribution in [-0.4, -0.2) is 22.6 Å². The molecule has 2 N–H and O–H groups in total. The highest BCUT2D eigenvalue weighted by Gasteiger charge is 2.11. The molecule has 0 saturated heterocycles. The Morgan fingerprint density at radius 3 is 2.76 bits per heavy atom. The van der Waals surface area contributed by atoms with Crippen LogP contribution in [0, 0.1) is 11.3 Å². The van der Waals surface area contributed by atoms with E-state index in [1.54, 1.807) is 36.4 Å². The molecule has 3 aromatic rings. The zero-order valence-corrected chi connectivity index (χ0v) is 14.3. The van der Waals surface area contributed by atoms with Crippen molar-refractivity contribution < 1.29 is 14.6 Å². The Labute approximate surface area is 150 Å². The Morgan fingerprint density at radius 1 is 1.28 bits per heavy atom. The van der Waals surface area contributed by atoms with Crippen LogP contribution in [-0.2, 0) is 4.79 Å². The van der Waals surface area contributed by atoms with E-state index in [0.29, 0.717) is 22.2 Å². The number of benzene rings is 2. The maximum atomic E-state index is 11.8.